The molecule has 0 radical (unpaired) electrons. The van der Waals surface area contributed by atoms with E-state index in [0.717, 1.165) is 57.8 Å². The lowest BCUT2D eigenvalue weighted by molar-refractivity contribution is -0.167. The summed E-state index contributed by atoms with van der Waals surface area (Å²) < 4.78 is 16.8. The van der Waals surface area contributed by atoms with E-state index >= 15 is 0 Å². The number of carbonyl (C=O) groups excluding carboxylic acids is 3. The first kappa shape index (κ1) is 61.4. The Morgan fingerprint density at radius 3 is 0.635 bits per heavy atom. The van der Waals surface area contributed by atoms with Crippen LogP contribution in [0.2, 0.25) is 0 Å². The molecule has 0 aromatic heterocycles. The van der Waals surface area contributed by atoms with Gasteiger partial charge in [0.1, 0.15) is 13.2 Å². The van der Waals surface area contributed by atoms with Crippen LogP contribution in [0.25, 0.3) is 0 Å². The van der Waals surface area contributed by atoms with Crippen molar-refractivity contribution >= 4 is 17.9 Å². The average Bonchev–Trinajstić information content (AvgIpc) is 3.28. The van der Waals surface area contributed by atoms with Gasteiger partial charge >= 0.3 is 17.9 Å². The number of rotatable bonds is 53. The maximum absolute atomic E-state index is 12.8. The summed E-state index contributed by atoms with van der Waals surface area (Å²) in [5.41, 5.74) is 0. The molecule has 6 nitrogen and oxygen atoms in total. The van der Waals surface area contributed by atoms with Crippen LogP contribution in [0.4, 0.5) is 0 Å². The van der Waals surface area contributed by atoms with Gasteiger partial charge in [0.25, 0.3) is 0 Å². The minimum atomic E-state index is -0.760. The summed E-state index contributed by atoms with van der Waals surface area (Å²) in [5, 5.41) is 0. The Hall–Kier alpha value is -1.59. The molecule has 0 aliphatic rings. The van der Waals surface area contributed by atoms with Gasteiger partial charge < -0.3 is 14.2 Å². The fraction of sp³-hybridized carbons (Fsp3) is 0.947. The molecule has 374 valence electrons. The number of ether oxygens (including phenoxy) is 3. The van der Waals surface area contributed by atoms with Crippen LogP contribution in [-0.4, -0.2) is 37.2 Å². The van der Waals surface area contributed by atoms with Crippen LogP contribution >= 0.6 is 0 Å². The summed E-state index contributed by atoms with van der Waals surface area (Å²) in [7, 11) is 0. The zero-order valence-corrected chi connectivity index (χ0v) is 42.9. The highest BCUT2D eigenvalue weighted by molar-refractivity contribution is 5.71. The van der Waals surface area contributed by atoms with E-state index in [1.165, 1.54) is 231 Å². The molecule has 0 amide bonds. The summed E-state index contributed by atoms with van der Waals surface area (Å²) in [4.78, 5) is 38.0. The van der Waals surface area contributed by atoms with Gasteiger partial charge in [0.05, 0.1) is 0 Å². The number of carbonyl (C=O) groups is 3. The van der Waals surface area contributed by atoms with Crippen LogP contribution in [0.1, 0.15) is 329 Å². The van der Waals surface area contributed by atoms with E-state index in [2.05, 4.69) is 20.8 Å². The van der Waals surface area contributed by atoms with Crippen molar-refractivity contribution in [2.75, 3.05) is 13.2 Å². The Morgan fingerprint density at radius 1 is 0.254 bits per heavy atom. The molecule has 0 heterocycles. The van der Waals surface area contributed by atoms with Gasteiger partial charge in [0, 0.05) is 19.3 Å². The minimum absolute atomic E-state index is 0.0617. The second-order valence-corrected chi connectivity index (χ2v) is 19.6. The van der Waals surface area contributed by atoms with Crippen molar-refractivity contribution in [1.82, 2.24) is 0 Å². The standard InChI is InChI=1S/C57H110O6/c1-4-7-10-13-16-19-21-23-25-27-28-29-31-32-34-36-38-41-44-47-50-56(59)62-53-54(52-61-55(58)49-46-43-40-18-15-12-9-6-3)63-57(60)51-48-45-42-39-37-35-33-30-26-24-22-20-17-14-11-8-5-2/h54H,4-53H2,1-3H3. The number of esters is 3. The van der Waals surface area contributed by atoms with E-state index in [4.69, 9.17) is 14.2 Å². The van der Waals surface area contributed by atoms with Gasteiger partial charge in [-0.25, -0.2) is 0 Å². The van der Waals surface area contributed by atoms with Crippen molar-refractivity contribution in [1.29, 1.82) is 0 Å². The normalized spacial score (nSPS) is 11.9. The molecule has 0 fully saturated rings. The topological polar surface area (TPSA) is 78.9 Å². The molecular weight excluding hydrogens is 781 g/mol. The van der Waals surface area contributed by atoms with E-state index < -0.39 is 6.10 Å². The molecule has 6 heteroatoms. The summed E-state index contributed by atoms with van der Waals surface area (Å²) >= 11 is 0. The van der Waals surface area contributed by atoms with Crippen molar-refractivity contribution in [3.8, 4) is 0 Å². The molecule has 0 saturated carbocycles. The molecule has 0 aliphatic heterocycles. The van der Waals surface area contributed by atoms with Crippen molar-refractivity contribution < 1.29 is 28.6 Å². The summed E-state index contributed by atoms with van der Waals surface area (Å²) in [6.07, 6.45) is 58.2. The molecule has 1 atom stereocenters. The molecule has 0 N–H and O–H groups in total. The lowest BCUT2D eigenvalue weighted by Gasteiger charge is -2.18. The van der Waals surface area contributed by atoms with Gasteiger partial charge in [-0.15, -0.1) is 0 Å². The third kappa shape index (κ3) is 51.3. The first-order valence-corrected chi connectivity index (χ1v) is 28.5. The van der Waals surface area contributed by atoms with Crippen LogP contribution in [0.3, 0.4) is 0 Å². The van der Waals surface area contributed by atoms with Crippen LogP contribution in [0.15, 0.2) is 0 Å². The predicted octanol–water partition coefficient (Wildman–Crippen LogP) is 18.8. The van der Waals surface area contributed by atoms with Gasteiger partial charge in [0.15, 0.2) is 6.10 Å². The molecular formula is C57H110O6. The third-order valence-corrected chi connectivity index (χ3v) is 13.1. The van der Waals surface area contributed by atoms with Crippen molar-refractivity contribution in [2.45, 2.75) is 335 Å². The largest absolute Gasteiger partial charge is 0.462 e. The van der Waals surface area contributed by atoms with Crippen molar-refractivity contribution in [2.24, 2.45) is 0 Å². The Bertz CT molecular complexity index is 936. The van der Waals surface area contributed by atoms with Gasteiger partial charge in [0.2, 0.25) is 0 Å². The lowest BCUT2D eigenvalue weighted by Crippen LogP contribution is -2.30. The van der Waals surface area contributed by atoms with E-state index in [0.29, 0.717) is 19.3 Å². The Labute approximate surface area is 393 Å². The highest BCUT2D eigenvalue weighted by Gasteiger charge is 2.19. The first-order valence-electron chi connectivity index (χ1n) is 28.5. The number of unbranched alkanes of at least 4 members (excludes halogenated alkanes) is 42. The lowest BCUT2D eigenvalue weighted by atomic mass is 10.0. The van der Waals surface area contributed by atoms with Gasteiger partial charge in [-0.3, -0.25) is 14.4 Å². The number of hydrogen-bond donors (Lipinski definition) is 0. The van der Waals surface area contributed by atoms with E-state index in [-0.39, 0.29) is 31.1 Å². The minimum Gasteiger partial charge on any atom is -0.462 e. The zero-order chi connectivity index (χ0) is 45.8. The average molecular weight is 892 g/mol. The molecule has 63 heavy (non-hydrogen) atoms. The van der Waals surface area contributed by atoms with Crippen LogP contribution in [0.5, 0.6) is 0 Å². The van der Waals surface area contributed by atoms with Crippen molar-refractivity contribution in [3.63, 3.8) is 0 Å². The van der Waals surface area contributed by atoms with E-state index in [1.54, 1.807) is 0 Å². The van der Waals surface area contributed by atoms with Gasteiger partial charge in [-0.05, 0) is 19.3 Å². The second-order valence-electron chi connectivity index (χ2n) is 19.6. The Balaban J connectivity index is 4.16. The Morgan fingerprint density at radius 2 is 0.429 bits per heavy atom. The third-order valence-electron chi connectivity index (χ3n) is 13.1. The highest BCUT2D eigenvalue weighted by atomic mass is 16.6. The van der Waals surface area contributed by atoms with Gasteiger partial charge in [-0.2, -0.15) is 0 Å². The summed E-state index contributed by atoms with van der Waals surface area (Å²) in [6.45, 7) is 6.68. The SMILES string of the molecule is CCCCCCCCCCCCCCCCCCCCCCC(=O)OCC(COC(=O)CCCCCCCCCC)OC(=O)CCCCCCCCCCCCCCCCCCC. The molecule has 0 aromatic carbocycles. The summed E-state index contributed by atoms with van der Waals surface area (Å²) in [5.74, 6) is -0.840. The predicted molar refractivity (Wildman–Crippen MR) is 270 cm³/mol. The quantitative estimate of drug-likeness (QED) is 0.0344. The smallest absolute Gasteiger partial charge is 0.306 e. The summed E-state index contributed by atoms with van der Waals surface area (Å²) in [6, 6.07) is 0. The number of hydrogen-bond acceptors (Lipinski definition) is 6. The molecule has 0 bridgehead atoms. The zero-order valence-electron chi connectivity index (χ0n) is 42.9. The molecule has 0 aliphatic carbocycles. The molecule has 1 unspecified atom stereocenters. The second kappa shape index (κ2) is 53.0. The molecule has 0 rings (SSSR count). The fourth-order valence-electron chi connectivity index (χ4n) is 8.80. The highest BCUT2D eigenvalue weighted by Crippen LogP contribution is 2.18. The fourth-order valence-corrected chi connectivity index (χ4v) is 8.80. The van der Waals surface area contributed by atoms with E-state index in [1.807, 2.05) is 0 Å². The van der Waals surface area contributed by atoms with Crippen molar-refractivity contribution in [3.05, 3.63) is 0 Å². The molecule has 0 aromatic rings. The maximum atomic E-state index is 12.8. The maximum Gasteiger partial charge on any atom is 0.306 e. The van der Waals surface area contributed by atoms with Crippen LogP contribution in [-0.2, 0) is 28.6 Å². The first-order chi connectivity index (χ1) is 31.0. The van der Waals surface area contributed by atoms with Gasteiger partial charge in [-0.1, -0.05) is 290 Å². The molecule has 0 saturated heterocycles. The van der Waals surface area contributed by atoms with Crippen LogP contribution in [0, 0.1) is 0 Å². The van der Waals surface area contributed by atoms with Crippen LogP contribution < -0.4 is 0 Å². The molecule has 0 spiro atoms. The van der Waals surface area contributed by atoms with E-state index in [9.17, 15) is 14.4 Å². The monoisotopic (exact) mass is 891 g/mol. The Kier molecular flexibility index (Phi) is 51.7.